The molecule has 0 saturated heterocycles. The van der Waals surface area contributed by atoms with Crippen molar-refractivity contribution in [2.75, 3.05) is 29.9 Å². The highest BCUT2D eigenvalue weighted by Crippen LogP contribution is 2.31. The van der Waals surface area contributed by atoms with Crippen LogP contribution in [-0.2, 0) is 16.0 Å². The van der Waals surface area contributed by atoms with Crippen LogP contribution < -0.4 is 16.0 Å². The highest BCUT2D eigenvalue weighted by molar-refractivity contribution is 5.99. The van der Waals surface area contributed by atoms with Gasteiger partial charge in [-0.25, -0.2) is 0 Å². The molecule has 29 heavy (non-hydrogen) atoms. The Morgan fingerprint density at radius 2 is 1.83 bits per heavy atom. The molecule has 0 aromatic heterocycles. The summed E-state index contributed by atoms with van der Waals surface area (Å²) in [4.78, 5) is 40.5. The smallest absolute Gasteiger partial charge is 0.253 e. The van der Waals surface area contributed by atoms with Crippen molar-refractivity contribution in [2.24, 2.45) is 5.73 Å². The number of anilines is 2. The molecule has 0 unspecified atom stereocenters. The van der Waals surface area contributed by atoms with Gasteiger partial charge in [0.1, 0.15) is 6.04 Å². The quantitative estimate of drug-likeness (QED) is 0.751. The van der Waals surface area contributed by atoms with Gasteiger partial charge in [0, 0.05) is 36.4 Å². The maximum Gasteiger partial charge on any atom is 0.253 e. The molecule has 3 rings (SSSR count). The average molecular weight is 394 g/mol. The van der Waals surface area contributed by atoms with Crippen LogP contribution in [0, 0.1) is 0 Å². The molecule has 0 spiro atoms. The molecule has 2 aromatic rings. The van der Waals surface area contributed by atoms with Gasteiger partial charge in [-0.3, -0.25) is 14.4 Å². The lowest BCUT2D eigenvalue weighted by atomic mass is 10.1. The maximum atomic E-state index is 12.7. The Kier molecular flexibility index (Phi) is 6.16. The number of nitrogens with one attached hydrogen (secondary N) is 1. The molecule has 0 fully saturated rings. The molecule has 1 aliphatic heterocycles. The number of fused-ring (bicyclic) bond motifs is 1. The van der Waals surface area contributed by atoms with Gasteiger partial charge in [-0.15, -0.1) is 0 Å². The number of benzene rings is 2. The number of carbonyl (C=O) groups excluding carboxylic acids is 3. The van der Waals surface area contributed by atoms with Crippen molar-refractivity contribution in [3.05, 3.63) is 59.7 Å². The summed E-state index contributed by atoms with van der Waals surface area (Å²) in [5.41, 5.74) is 8.45. The first kappa shape index (κ1) is 20.4. The minimum absolute atomic E-state index is 0.00115. The Morgan fingerprint density at radius 1 is 1.10 bits per heavy atom. The van der Waals surface area contributed by atoms with E-state index in [0.29, 0.717) is 30.8 Å². The second-order valence-electron chi connectivity index (χ2n) is 6.99. The molecule has 152 valence electrons. The fraction of sp³-hybridized carbons (Fsp3) is 0.318. The summed E-state index contributed by atoms with van der Waals surface area (Å²) in [5, 5.41) is 2.83. The fourth-order valence-electron chi connectivity index (χ4n) is 3.68. The van der Waals surface area contributed by atoms with Crippen molar-refractivity contribution in [2.45, 2.75) is 26.3 Å². The van der Waals surface area contributed by atoms with Crippen molar-refractivity contribution in [3.63, 3.8) is 0 Å². The monoisotopic (exact) mass is 394 g/mol. The molecule has 2 aromatic carbocycles. The first-order chi connectivity index (χ1) is 13.9. The Bertz CT molecular complexity index is 924. The number of para-hydroxylation sites is 1. The molecular formula is C22H26N4O3. The van der Waals surface area contributed by atoms with Gasteiger partial charge >= 0.3 is 0 Å². The molecule has 1 heterocycles. The zero-order valence-electron chi connectivity index (χ0n) is 16.7. The normalized spacial score (nSPS) is 15.0. The SMILES string of the molecule is CCN(CC)C(=O)c1cccc(NC(=O)CN2c3ccccc3C[C@H]2C(N)=O)c1. The van der Waals surface area contributed by atoms with Gasteiger partial charge in [0.2, 0.25) is 11.8 Å². The number of nitrogens with zero attached hydrogens (tertiary/aromatic N) is 2. The van der Waals surface area contributed by atoms with Crippen molar-refractivity contribution in [1.82, 2.24) is 4.90 Å². The summed E-state index contributed by atoms with van der Waals surface area (Å²) < 4.78 is 0. The summed E-state index contributed by atoms with van der Waals surface area (Å²) in [6.45, 7) is 5.09. The highest BCUT2D eigenvalue weighted by Gasteiger charge is 2.34. The predicted octanol–water partition coefficient (Wildman–Crippen LogP) is 2.02. The predicted molar refractivity (Wildman–Crippen MR) is 113 cm³/mol. The van der Waals surface area contributed by atoms with Gasteiger partial charge < -0.3 is 20.9 Å². The molecule has 0 bridgehead atoms. The van der Waals surface area contributed by atoms with E-state index >= 15 is 0 Å². The Hall–Kier alpha value is -3.35. The van der Waals surface area contributed by atoms with Crippen LogP contribution in [0.1, 0.15) is 29.8 Å². The van der Waals surface area contributed by atoms with Crippen LogP contribution in [0.2, 0.25) is 0 Å². The summed E-state index contributed by atoms with van der Waals surface area (Å²) in [7, 11) is 0. The minimum atomic E-state index is -0.547. The van der Waals surface area contributed by atoms with E-state index in [9.17, 15) is 14.4 Å². The summed E-state index contributed by atoms with van der Waals surface area (Å²) in [5.74, 6) is -0.811. The van der Waals surface area contributed by atoms with E-state index in [-0.39, 0.29) is 18.4 Å². The zero-order chi connectivity index (χ0) is 21.0. The van der Waals surface area contributed by atoms with Crippen molar-refractivity contribution >= 4 is 29.1 Å². The lowest BCUT2D eigenvalue weighted by molar-refractivity contribution is -0.119. The van der Waals surface area contributed by atoms with Crippen LogP contribution in [-0.4, -0.2) is 48.3 Å². The van der Waals surface area contributed by atoms with Gasteiger partial charge in [0.05, 0.1) is 6.54 Å². The first-order valence-electron chi connectivity index (χ1n) is 9.77. The van der Waals surface area contributed by atoms with Crippen LogP contribution in [0.25, 0.3) is 0 Å². The second-order valence-corrected chi connectivity index (χ2v) is 6.99. The van der Waals surface area contributed by atoms with E-state index in [2.05, 4.69) is 5.32 Å². The molecular weight excluding hydrogens is 368 g/mol. The molecule has 7 nitrogen and oxygen atoms in total. The number of rotatable bonds is 7. The topological polar surface area (TPSA) is 95.7 Å². The van der Waals surface area contributed by atoms with E-state index in [1.54, 1.807) is 34.1 Å². The molecule has 3 N–H and O–H groups in total. The number of nitrogens with two attached hydrogens (primary N) is 1. The van der Waals surface area contributed by atoms with Crippen LogP contribution in [0.4, 0.5) is 11.4 Å². The standard InChI is InChI=1S/C22H26N4O3/c1-3-25(4-2)22(29)16-9-7-10-17(12-16)24-20(27)14-26-18-11-6-5-8-15(18)13-19(26)21(23)28/h5-12,19H,3-4,13-14H2,1-2H3,(H2,23,28)(H,24,27)/t19-/m0/s1. The molecule has 7 heteroatoms. The van der Waals surface area contributed by atoms with Crippen molar-refractivity contribution < 1.29 is 14.4 Å². The van der Waals surface area contributed by atoms with E-state index in [0.717, 1.165) is 11.3 Å². The Morgan fingerprint density at radius 3 is 2.52 bits per heavy atom. The van der Waals surface area contributed by atoms with Gasteiger partial charge in [-0.2, -0.15) is 0 Å². The fourth-order valence-corrected chi connectivity index (χ4v) is 3.68. The van der Waals surface area contributed by atoms with Gasteiger partial charge in [0.25, 0.3) is 5.91 Å². The molecule has 3 amide bonds. The largest absolute Gasteiger partial charge is 0.368 e. The second kappa shape index (κ2) is 8.77. The van der Waals surface area contributed by atoms with Crippen LogP contribution >= 0.6 is 0 Å². The van der Waals surface area contributed by atoms with Gasteiger partial charge in [-0.05, 0) is 43.7 Å². The maximum absolute atomic E-state index is 12.7. The van der Waals surface area contributed by atoms with E-state index in [1.807, 2.05) is 38.1 Å². The van der Waals surface area contributed by atoms with Crippen molar-refractivity contribution in [3.8, 4) is 0 Å². The van der Waals surface area contributed by atoms with Crippen LogP contribution in [0.3, 0.4) is 0 Å². The molecule has 1 atom stereocenters. The first-order valence-corrected chi connectivity index (χ1v) is 9.77. The van der Waals surface area contributed by atoms with E-state index in [4.69, 9.17) is 5.73 Å². The summed E-state index contributed by atoms with van der Waals surface area (Å²) >= 11 is 0. The third-order valence-corrected chi connectivity index (χ3v) is 5.18. The summed E-state index contributed by atoms with van der Waals surface area (Å²) in [6.07, 6.45) is 0.493. The zero-order valence-corrected chi connectivity index (χ0v) is 16.7. The number of amides is 3. The lowest BCUT2D eigenvalue weighted by Crippen LogP contribution is -2.46. The molecule has 1 aliphatic rings. The van der Waals surface area contributed by atoms with Gasteiger partial charge in [0.15, 0.2) is 0 Å². The highest BCUT2D eigenvalue weighted by atomic mass is 16.2. The minimum Gasteiger partial charge on any atom is -0.368 e. The Balaban J connectivity index is 1.73. The third kappa shape index (κ3) is 4.39. The van der Waals surface area contributed by atoms with E-state index < -0.39 is 11.9 Å². The number of hydrogen-bond donors (Lipinski definition) is 2. The molecule has 0 radical (unpaired) electrons. The van der Waals surface area contributed by atoms with E-state index in [1.165, 1.54) is 0 Å². The van der Waals surface area contributed by atoms with Crippen LogP contribution in [0.5, 0.6) is 0 Å². The Labute approximate surface area is 170 Å². The number of primary amides is 1. The lowest BCUT2D eigenvalue weighted by Gasteiger charge is -2.24. The third-order valence-electron chi connectivity index (χ3n) is 5.18. The summed E-state index contributed by atoms with van der Waals surface area (Å²) in [6, 6.07) is 13.9. The number of carbonyl (C=O) groups is 3. The van der Waals surface area contributed by atoms with Crippen molar-refractivity contribution in [1.29, 1.82) is 0 Å². The molecule has 0 aliphatic carbocycles. The van der Waals surface area contributed by atoms with Gasteiger partial charge in [-0.1, -0.05) is 24.3 Å². The molecule has 0 saturated carbocycles. The average Bonchev–Trinajstić information content (AvgIpc) is 3.08. The number of hydrogen-bond acceptors (Lipinski definition) is 4. The van der Waals surface area contributed by atoms with Crippen LogP contribution in [0.15, 0.2) is 48.5 Å².